The second-order valence-corrected chi connectivity index (χ2v) is 6.55. The van der Waals surface area contributed by atoms with Gasteiger partial charge in [0.2, 0.25) is 5.95 Å². The molecule has 0 radical (unpaired) electrons. The molecule has 2 aromatic heterocycles. The molecule has 6 heteroatoms. The zero-order chi connectivity index (χ0) is 16.9. The van der Waals surface area contributed by atoms with Crippen molar-refractivity contribution < 1.29 is 0 Å². The predicted molar refractivity (Wildman–Crippen MR) is 94.9 cm³/mol. The zero-order valence-electron chi connectivity index (χ0n) is 14.8. The van der Waals surface area contributed by atoms with E-state index in [0.717, 1.165) is 56.0 Å². The maximum absolute atomic E-state index is 4.70. The smallest absolute Gasteiger partial charge is 0.225 e. The van der Waals surface area contributed by atoms with Crippen LogP contribution in [0.5, 0.6) is 0 Å². The standard InChI is InChI=1S/C18H26N6/c1-4-6-17-20-10-13(11-21-17)9-19-15-7-5-8-16-14(15)12-22-18(23-16)24(2)3/h10-12,15,19H,4-9H2,1-3H3/t15-/m1/s1. The number of nitrogens with one attached hydrogen (secondary N) is 1. The van der Waals surface area contributed by atoms with E-state index < -0.39 is 0 Å². The van der Waals surface area contributed by atoms with Gasteiger partial charge in [-0.3, -0.25) is 0 Å². The second-order valence-electron chi connectivity index (χ2n) is 6.55. The second kappa shape index (κ2) is 7.66. The van der Waals surface area contributed by atoms with Gasteiger partial charge in [0.1, 0.15) is 5.82 Å². The molecule has 1 aliphatic rings. The first-order chi connectivity index (χ1) is 11.7. The van der Waals surface area contributed by atoms with Gasteiger partial charge < -0.3 is 10.2 Å². The summed E-state index contributed by atoms with van der Waals surface area (Å²) in [6.07, 6.45) is 11.2. The Kier molecular flexibility index (Phi) is 5.35. The van der Waals surface area contributed by atoms with Crippen LogP contribution in [-0.4, -0.2) is 34.0 Å². The largest absolute Gasteiger partial charge is 0.347 e. The third kappa shape index (κ3) is 3.87. The first-order valence-corrected chi connectivity index (χ1v) is 8.73. The van der Waals surface area contributed by atoms with Gasteiger partial charge in [-0.2, -0.15) is 0 Å². The van der Waals surface area contributed by atoms with Gasteiger partial charge >= 0.3 is 0 Å². The normalized spacial score (nSPS) is 16.7. The molecular formula is C18H26N6. The van der Waals surface area contributed by atoms with Crippen LogP contribution in [0.25, 0.3) is 0 Å². The Hall–Kier alpha value is -2.08. The molecule has 0 saturated carbocycles. The highest BCUT2D eigenvalue weighted by Gasteiger charge is 2.22. The van der Waals surface area contributed by atoms with Gasteiger partial charge in [-0.05, 0) is 25.7 Å². The van der Waals surface area contributed by atoms with E-state index in [0.29, 0.717) is 6.04 Å². The van der Waals surface area contributed by atoms with E-state index in [1.165, 1.54) is 11.3 Å². The molecule has 0 saturated heterocycles. The number of hydrogen-bond donors (Lipinski definition) is 1. The SMILES string of the molecule is CCCc1ncc(CN[C@@H]2CCCc3nc(N(C)C)ncc32)cn1. The van der Waals surface area contributed by atoms with Crippen LogP contribution in [-0.2, 0) is 19.4 Å². The van der Waals surface area contributed by atoms with Gasteiger partial charge in [0, 0.05) is 62.8 Å². The van der Waals surface area contributed by atoms with Gasteiger partial charge in [-0.1, -0.05) is 6.92 Å². The number of nitrogens with zero attached hydrogens (tertiary/aromatic N) is 5. The van der Waals surface area contributed by atoms with Crippen LogP contribution in [0, 0.1) is 0 Å². The third-order valence-electron chi connectivity index (χ3n) is 4.35. The summed E-state index contributed by atoms with van der Waals surface area (Å²) in [5.74, 6) is 1.71. The number of rotatable bonds is 6. The molecule has 0 fully saturated rings. The number of aromatic nitrogens is 4. The van der Waals surface area contributed by atoms with E-state index in [1.54, 1.807) is 0 Å². The Balaban J connectivity index is 1.66. The molecule has 2 heterocycles. The summed E-state index contributed by atoms with van der Waals surface area (Å²) in [6, 6.07) is 0.306. The van der Waals surface area contributed by atoms with Crippen molar-refractivity contribution in [1.29, 1.82) is 0 Å². The molecule has 1 aliphatic carbocycles. The Morgan fingerprint density at radius 1 is 1.17 bits per heavy atom. The summed E-state index contributed by atoms with van der Waals surface area (Å²) < 4.78 is 0. The lowest BCUT2D eigenvalue weighted by Crippen LogP contribution is -2.26. The summed E-state index contributed by atoms with van der Waals surface area (Å²) in [5.41, 5.74) is 3.52. The van der Waals surface area contributed by atoms with Gasteiger partial charge in [0.05, 0.1) is 5.69 Å². The van der Waals surface area contributed by atoms with Crippen molar-refractivity contribution in [3.05, 3.63) is 41.2 Å². The average Bonchev–Trinajstić information content (AvgIpc) is 2.61. The fraction of sp³-hybridized carbons (Fsp3) is 0.556. The summed E-state index contributed by atoms with van der Waals surface area (Å²) in [7, 11) is 3.95. The van der Waals surface area contributed by atoms with Gasteiger partial charge in [-0.15, -0.1) is 0 Å². The van der Waals surface area contributed by atoms with Crippen LogP contribution in [0.2, 0.25) is 0 Å². The van der Waals surface area contributed by atoms with E-state index in [9.17, 15) is 0 Å². The highest BCUT2D eigenvalue weighted by Crippen LogP contribution is 2.29. The molecule has 1 N–H and O–H groups in total. The Morgan fingerprint density at radius 3 is 2.67 bits per heavy atom. The molecule has 0 unspecified atom stereocenters. The van der Waals surface area contributed by atoms with Crippen LogP contribution in [0.3, 0.4) is 0 Å². The Labute approximate surface area is 143 Å². The molecule has 0 aliphatic heterocycles. The van der Waals surface area contributed by atoms with E-state index in [-0.39, 0.29) is 0 Å². The molecule has 0 aromatic carbocycles. The molecule has 0 spiro atoms. The minimum absolute atomic E-state index is 0.306. The monoisotopic (exact) mass is 326 g/mol. The van der Waals surface area contributed by atoms with E-state index in [4.69, 9.17) is 4.98 Å². The van der Waals surface area contributed by atoms with Crippen molar-refractivity contribution in [2.45, 2.75) is 51.6 Å². The average molecular weight is 326 g/mol. The maximum Gasteiger partial charge on any atom is 0.225 e. The van der Waals surface area contributed by atoms with E-state index >= 15 is 0 Å². The van der Waals surface area contributed by atoms with Crippen LogP contribution in [0.4, 0.5) is 5.95 Å². The van der Waals surface area contributed by atoms with E-state index in [1.807, 2.05) is 37.6 Å². The van der Waals surface area contributed by atoms with Crippen molar-refractivity contribution in [1.82, 2.24) is 25.3 Å². The Bertz CT molecular complexity index is 668. The molecule has 6 nitrogen and oxygen atoms in total. The summed E-state index contributed by atoms with van der Waals surface area (Å²) in [4.78, 5) is 20.0. The predicted octanol–water partition coefficient (Wildman–Crippen LogP) is 2.45. The molecule has 3 rings (SSSR count). The fourth-order valence-electron chi connectivity index (χ4n) is 3.03. The molecule has 128 valence electrons. The first kappa shape index (κ1) is 16.8. The first-order valence-electron chi connectivity index (χ1n) is 8.73. The molecule has 0 bridgehead atoms. The summed E-state index contributed by atoms with van der Waals surface area (Å²) >= 11 is 0. The number of anilines is 1. The molecule has 0 amide bonds. The highest BCUT2D eigenvalue weighted by molar-refractivity contribution is 5.34. The van der Waals surface area contributed by atoms with Crippen LogP contribution >= 0.6 is 0 Å². The van der Waals surface area contributed by atoms with Gasteiger partial charge in [0.15, 0.2) is 0 Å². The molecule has 2 aromatic rings. The van der Waals surface area contributed by atoms with Crippen LogP contribution < -0.4 is 10.2 Å². The third-order valence-corrected chi connectivity index (χ3v) is 4.35. The Morgan fingerprint density at radius 2 is 1.96 bits per heavy atom. The van der Waals surface area contributed by atoms with Crippen LogP contribution in [0.15, 0.2) is 18.6 Å². The fourth-order valence-corrected chi connectivity index (χ4v) is 3.03. The minimum Gasteiger partial charge on any atom is -0.347 e. The van der Waals surface area contributed by atoms with Gasteiger partial charge in [0.25, 0.3) is 0 Å². The molecule has 1 atom stereocenters. The minimum atomic E-state index is 0.306. The quantitative estimate of drug-likeness (QED) is 0.879. The number of fused-ring (bicyclic) bond motifs is 1. The lowest BCUT2D eigenvalue weighted by molar-refractivity contribution is 0.451. The molecular weight excluding hydrogens is 300 g/mol. The van der Waals surface area contributed by atoms with Crippen molar-refractivity contribution in [2.24, 2.45) is 0 Å². The van der Waals surface area contributed by atoms with E-state index in [2.05, 4.69) is 27.2 Å². The number of hydrogen-bond acceptors (Lipinski definition) is 6. The topological polar surface area (TPSA) is 66.8 Å². The van der Waals surface area contributed by atoms with Crippen molar-refractivity contribution in [2.75, 3.05) is 19.0 Å². The number of aryl methyl sites for hydroxylation is 2. The van der Waals surface area contributed by atoms with Crippen molar-refractivity contribution in [3.8, 4) is 0 Å². The van der Waals surface area contributed by atoms with Crippen molar-refractivity contribution >= 4 is 5.95 Å². The van der Waals surface area contributed by atoms with Gasteiger partial charge in [-0.25, -0.2) is 19.9 Å². The van der Waals surface area contributed by atoms with Crippen LogP contribution in [0.1, 0.15) is 54.9 Å². The highest BCUT2D eigenvalue weighted by atomic mass is 15.2. The zero-order valence-corrected chi connectivity index (χ0v) is 14.8. The van der Waals surface area contributed by atoms with Crippen molar-refractivity contribution in [3.63, 3.8) is 0 Å². The lowest BCUT2D eigenvalue weighted by Gasteiger charge is -2.26. The molecule has 24 heavy (non-hydrogen) atoms. The summed E-state index contributed by atoms with van der Waals surface area (Å²) in [5, 5.41) is 3.62. The summed E-state index contributed by atoms with van der Waals surface area (Å²) in [6.45, 7) is 2.91. The lowest BCUT2D eigenvalue weighted by atomic mass is 9.92. The maximum atomic E-state index is 4.70.